The number of nitriles is 1. The molecule has 0 unspecified atom stereocenters. The first-order valence-corrected chi connectivity index (χ1v) is 7.01. The third-order valence-electron chi connectivity index (χ3n) is 2.89. The average Bonchev–Trinajstić information content (AvgIpc) is 2.46. The first-order chi connectivity index (χ1) is 10.4. The summed E-state index contributed by atoms with van der Waals surface area (Å²) in [6, 6.07) is 9.38. The Kier molecular flexibility index (Phi) is 6.77. The molecule has 0 aromatic heterocycles. The van der Waals surface area contributed by atoms with Gasteiger partial charge in [0.2, 0.25) is 5.91 Å². The minimum atomic E-state index is -0.494. The smallest absolute Gasteiger partial charge is 0.254 e. The maximum Gasteiger partial charge on any atom is 0.254 e. The number of nitrogens with one attached hydrogen (secondary N) is 2. The van der Waals surface area contributed by atoms with Crippen molar-refractivity contribution in [2.45, 2.75) is 39.5 Å². The lowest BCUT2D eigenvalue weighted by Gasteiger charge is -2.08. The van der Waals surface area contributed by atoms with Gasteiger partial charge in [-0.15, -0.1) is 0 Å². The fourth-order valence-corrected chi connectivity index (χ4v) is 1.70. The van der Waals surface area contributed by atoms with E-state index >= 15 is 0 Å². The Morgan fingerprint density at radius 1 is 1.23 bits per heavy atom. The van der Waals surface area contributed by atoms with Crippen LogP contribution in [0.5, 0.6) is 0 Å². The van der Waals surface area contributed by atoms with E-state index in [0.29, 0.717) is 11.6 Å². The van der Waals surface area contributed by atoms with Crippen LogP contribution in [-0.2, 0) is 9.59 Å². The lowest BCUT2D eigenvalue weighted by atomic mass is 10.0. The van der Waals surface area contributed by atoms with Gasteiger partial charge >= 0.3 is 0 Å². The molecule has 6 nitrogen and oxygen atoms in total. The largest absolute Gasteiger partial charge is 0.326 e. The molecule has 0 aliphatic rings. The zero-order chi connectivity index (χ0) is 16.5. The van der Waals surface area contributed by atoms with Gasteiger partial charge in [-0.25, -0.2) is 5.43 Å². The molecule has 2 amide bonds. The van der Waals surface area contributed by atoms with Gasteiger partial charge in [-0.2, -0.15) is 10.4 Å². The van der Waals surface area contributed by atoms with Gasteiger partial charge < -0.3 is 5.32 Å². The summed E-state index contributed by atoms with van der Waals surface area (Å²) in [6.45, 7) is 5.84. The van der Waals surface area contributed by atoms with Crippen LogP contribution >= 0.6 is 0 Å². The Bertz CT molecular complexity index is 598. The summed E-state index contributed by atoms with van der Waals surface area (Å²) in [4.78, 5) is 22.9. The van der Waals surface area contributed by atoms with E-state index in [1.165, 1.54) is 5.56 Å². The maximum atomic E-state index is 11.9. The molecule has 0 saturated heterocycles. The summed E-state index contributed by atoms with van der Waals surface area (Å²) < 4.78 is 0. The average molecular weight is 300 g/mol. The lowest BCUT2D eigenvalue weighted by Crippen LogP contribution is -2.20. The molecule has 6 heteroatoms. The van der Waals surface area contributed by atoms with Crippen molar-refractivity contribution in [2.75, 3.05) is 5.32 Å². The van der Waals surface area contributed by atoms with Crippen LogP contribution in [0, 0.1) is 11.3 Å². The summed E-state index contributed by atoms with van der Waals surface area (Å²) in [5.74, 6) is -0.268. The van der Waals surface area contributed by atoms with Gasteiger partial charge in [0.1, 0.15) is 6.42 Å². The highest BCUT2D eigenvalue weighted by atomic mass is 16.2. The topological polar surface area (TPSA) is 94.3 Å². The highest BCUT2D eigenvalue weighted by Gasteiger charge is 2.06. The fourth-order valence-electron chi connectivity index (χ4n) is 1.70. The van der Waals surface area contributed by atoms with E-state index in [1.54, 1.807) is 13.0 Å². The number of hydrogen-bond donors (Lipinski definition) is 2. The second kappa shape index (κ2) is 8.57. The second-order valence-corrected chi connectivity index (χ2v) is 5.22. The van der Waals surface area contributed by atoms with Crippen molar-refractivity contribution in [1.82, 2.24) is 5.43 Å². The molecule has 116 valence electrons. The van der Waals surface area contributed by atoms with Crippen LogP contribution in [-0.4, -0.2) is 17.5 Å². The van der Waals surface area contributed by atoms with E-state index in [4.69, 9.17) is 5.26 Å². The Morgan fingerprint density at radius 2 is 1.86 bits per heavy atom. The molecule has 0 spiro atoms. The maximum absolute atomic E-state index is 11.9. The minimum Gasteiger partial charge on any atom is -0.326 e. The van der Waals surface area contributed by atoms with Crippen LogP contribution in [0.3, 0.4) is 0 Å². The van der Waals surface area contributed by atoms with Crippen molar-refractivity contribution in [3.05, 3.63) is 29.8 Å². The Morgan fingerprint density at radius 3 is 2.41 bits per heavy atom. The number of amides is 2. The molecular formula is C16H20N4O2. The number of benzene rings is 1. The van der Waals surface area contributed by atoms with E-state index in [9.17, 15) is 9.59 Å². The highest BCUT2D eigenvalue weighted by Crippen LogP contribution is 2.17. The van der Waals surface area contributed by atoms with Crippen LogP contribution in [0.4, 0.5) is 5.69 Å². The van der Waals surface area contributed by atoms with Crippen LogP contribution in [0.1, 0.15) is 45.1 Å². The normalized spacial score (nSPS) is 11.0. The van der Waals surface area contributed by atoms with Crippen molar-refractivity contribution in [3.8, 4) is 6.07 Å². The van der Waals surface area contributed by atoms with E-state index in [1.807, 2.05) is 24.3 Å². The molecule has 0 radical (unpaired) electrons. The Labute approximate surface area is 130 Å². The van der Waals surface area contributed by atoms with Crippen LogP contribution in [0.2, 0.25) is 0 Å². The standard InChI is InChI=1S/C16H20N4O2/c1-11(2)13-4-6-14(7-5-13)18-16(22)10-12(3)19-20-15(21)8-9-17/h4-7,11H,8,10H2,1-3H3,(H,18,22)(H,20,21)/b19-12-. The van der Waals surface area contributed by atoms with Gasteiger partial charge in [-0.05, 0) is 30.5 Å². The zero-order valence-corrected chi connectivity index (χ0v) is 13.0. The van der Waals surface area contributed by atoms with Crippen LogP contribution in [0.15, 0.2) is 29.4 Å². The third kappa shape index (κ3) is 6.18. The first kappa shape index (κ1) is 17.4. The number of hydrogen-bond acceptors (Lipinski definition) is 4. The summed E-state index contributed by atoms with van der Waals surface area (Å²) >= 11 is 0. The van der Waals surface area contributed by atoms with E-state index in [0.717, 1.165) is 5.69 Å². The van der Waals surface area contributed by atoms with Gasteiger partial charge in [0.15, 0.2) is 0 Å². The fraction of sp³-hybridized carbons (Fsp3) is 0.375. The molecule has 22 heavy (non-hydrogen) atoms. The van der Waals surface area contributed by atoms with Crippen molar-refractivity contribution in [2.24, 2.45) is 5.10 Å². The van der Waals surface area contributed by atoms with Crippen LogP contribution in [0.25, 0.3) is 0 Å². The third-order valence-corrected chi connectivity index (χ3v) is 2.89. The summed E-state index contributed by atoms with van der Waals surface area (Å²) in [6.07, 6.45) is -0.191. The Balaban J connectivity index is 2.50. The predicted octanol–water partition coefficient (Wildman–Crippen LogP) is 2.54. The molecule has 1 rings (SSSR count). The van der Waals surface area contributed by atoms with Crippen molar-refractivity contribution >= 4 is 23.2 Å². The molecule has 0 aliphatic heterocycles. The predicted molar refractivity (Wildman–Crippen MR) is 85.3 cm³/mol. The molecule has 0 atom stereocenters. The van der Waals surface area contributed by atoms with Gasteiger partial charge in [0.25, 0.3) is 5.91 Å². The molecular weight excluding hydrogens is 280 g/mol. The van der Waals surface area contributed by atoms with Crippen molar-refractivity contribution in [1.29, 1.82) is 5.26 Å². The number of rotatable bonds is 6. The first-order valence-electron chi connectivity index (χ1n) is 7.01. The number of hydrazone groups is 1. The molecule has 0 bridgehead atoms. The summed E-state index contributed by atoms with van der Waals surface area (Å²) in [5.41, 5.74) is 4.60. The quantitative estimate of drug-likeness (QED) is 0.624. The molecule has 1 aromatic carbocycles. The molecule has 2 N–H and O–H groups in total. The van der Waals surface area contributed by atoms with E-state index in [-0.39, 0.29) is 18.7 Å². The molecule has 0 fully saturated rings. The Hall–Kier alpha value is -2.68. The molecule has 1 aromatic rings. The minimum absolute atomic E-state index is 0.0682. The zero-order valence-electron chi connectivity index (χ0n) is 13.0. The van der Waals surface area contributed by atoms with Crippen LogP contribution < -0.4 is 10.7 Å². The number of anilines is 1. The highest BCUT2D eigenvalue weighted by molar-refractivity contribution is 6.05. The van der Waals surface area contributed by atoms with Crippen molar-refractivity contribution in [3.63, 3.8) is 0 Å². The SMILES string of the molecule is C/C(CC(=O)Nc1ccc(C(C)C)cc1)=N/NC(=O)CC#N. The lowest BCUT2D eigenvalue weighted by molar-refractivity contribution is -0.120. The van der Waals surface area contributed by atoms with E-state index in [2.05, 4.69) is 29.7 Å². The number of carbonyl (C=O) groups excluding carboxylic acids is 2. The van der Waals surface area contributed by atoms with Gasteiger partial charge in [-0.1, -0.05) is 26.0 Å². The van der Waals surface area contributed by atoms with Crippen molar-refractivity contribution < 1.29 is 9.59 Å². The summed E-state index contributed by atoms with van der Waals surface area (Å²) in [7, 11) is 0. The summed E-state index contributed by atoms with van der Waals surface area (Å²) in [5, 5.41) is 14.9. The molecule has 0 saturated carbocycles. The number of carbonyl (C=O) groups is 2. The second-order valence-electron chi connectivity index (χ2n) is 5.22. The number of nitrogens with zero attached hydrogens (tertiary/aromatic N) is 2. The molecule has 0 heterocycles. The monoisotopic (exact) mass is 300 g/mol. The van der Waals surface area contributed by atoms with Gasteiger partial charge in [0, 0.05) is 11.4 Å². The van der Waals surface area contributed by atoms with Gasteiger partial charge in [-0.3, -0.25) is 9.59 Å². The van der Waals surface area contributed by atoms with E-state index < -0.39 is 5.91 Å². The molecule has 0 aliphatic carbocycles. The van der Waals surface area contributed by atoms with Gasteiger partial charge in [0.05, 0.1) is 12.5 Å².